The number of benzene rings is 1. The molecular weight excluding hydrogens is 324 g/mol. The van der Waals surface area contributed by atoms with Crippen molar-refractivity contribution < 1.29 is 0 Å². The van der Waals surface area contributed by atoms with Crippen molar-refractivity contribution in [2.45, 2.75) is 65.3 Å². The lowest BCUT2D eigenvalue weighted by atomic mass is 10.0. The molecule has 1 aromatic rings. The Morgan fingerprint density at radius 2 is 1.71 bits per heavy atom. The van der Waals surface area contributed by atoms with Crippen molar-refractivity contribution in [2.75, 3.05) is 18.0 Å². The fourth-order valence-electron chi connectivity index (χ4n) is 2.50. The van der Waals surface area contributed by atoms with Gasteiger partial charge < -0.3 is 10.6 Å². The standard InChI is InChI=1S/C18H31BrN2/c1-4-7-11-21(12-8-5-2)18-10-9-16(19)13-15(18)14-17(20)6-3/h9-10,13,17H,4-8,11-12,14,20H2,1-3H3. The number of hydrogen-bond acceptors (Lipinski definition) is 2. The van der Waals surface area contributed by atoms with E-state index in [-0.39, 0.29) is 6.04 Å². The van der Waals surface area contributed by atoms with Crippen LogP contribution in [0.2, 0.25) is 0 Å². The Kier molecular flexibility index (Phi) is 9.02. The number of nitrogens with zero attached hydrogens (tertiary/aromatic N) is 1. The van der Waals surface area contributed by atoms with Gasteiger partial charge in [-0.15, -0.1) is 0 Å². The minimum Gasteiger partial charge on any atom is -0.371 e. The van der Waals surface area contributed by atoms with E-state index in [2.05, 4.69) is 59.8 Å². The van der Waals surface area contributed by atoms with E-state index in [9.17, 15) is 0 Å². The van der Waals surface area contributed by atoms with E-state index in [1.165, 1.54) is 36.9 Å². The molecule has 0 aliphatic rings. The minimum atomic E-state index is 0.247. The maximum atomic E-state index is 6.19. The molecule has 0 amide bonds. The van der Waals surface area contributed by atoms with Gasteiger partial charge in [0, 0.05) is 29.3 Å². The molecule has 0 heterocycles. The third-order valence-electron chi connectivity index (χ3n) is 3.95. The summed E-state index contributed by atoms with van der Waals surface area (Å²) in [5.74, 6) is 0. The van der Waals surface area contributed by atoms with Crippen LogP contribution in [0.1, 0.15) is 58.4 Å². The van der Waals surface area contributed by atoms with E-state index in [0.717, 1.165) is 30.4 Å². The van der Waals surface area contributed by atoms with Crippen molar-refractivity contribution in [2.24, 2.45) is 5.73 Å². The normalized spacial score (nSPS) is 12.4. The van der Waals surface area contributed by atoms with Crippen molar-refractivity contribution in [3.63, 3.8) is 0 Å². The van der Waals surface area contributed by atoms with Crippen LogP contribution in [0.4, 0.5) is 5.69 Å². The number of unbranched alkanes of at least 4 members (excludes halogenated alkanes) is 2. The number of anilines is 1. The summed E-state index contributed by atoms with van der Waals surface area (Å²) in [4.78, 5) is 2.55. The zero-order valence-corrected chi connectivity index (χ0v) is 15.5. The Bertz CT molecular complexity index is 398. The lowest BCUT2D eigenvalue weighted by Gasteiger charge is -2.28. The molecule has 0 fully saturated rings. The van der Waals surface area contributed by atoms with Crippen LogP contribution in [-0.4, -0.2) is 19.1 Å². The summed E-state index contributed by atoms with van der Waals surface area (Å²) in [5.41, 5.74) is 8.95. The topological polar surface area (TPSA) is 29.3 Å². The molecule has 0 spiro atoms. The fourth-order valence-corrected chi connectivity index (χ4v) is 2.91. The zero-order valence-electron chi connectivity index (χ0n) is 13.9. The monoisotopic (exact) mass is 354 g/mol. The van der Waals surface area contributed by atoms with Crippen molar-refractivity contribution in [1.29, 1.82) is 0 Å². The summed E-state index contributed by atoms with van der Waals surface area (Å²) in [7, 11) is 0. The zero-order chi connectivity index (χ0) is 15.7. The predicted molar refractivity (Wildman–Crippen MR) is 98.1 cm³/mol. The summed E-state index contributed by atoms with van der Waals surface area (Å²) < 4.78 is 1.15. The van der Waals surface area contributed by atoms with Gasteiger partial charge in [-0.3, -0.25) is 0 Å². The van der Waals surface area contributed by atoms with Gasteiger partial charge in [-0.1, -0.05) is 49.5 Å². The largest absolute Gasteiger partial charge is 0.371 e. The van der Waals surface area contributed by atoms with Crippen LogP contribution in [0.5, 0.6) is 0 Å². The Labute approximate surface area is 139 Å². The molecule has 0 saturated heterocycles. The molecule has 0 aliphatic carbocycles. The Morgan fingerprint density at radius 3 is 2.24 bits per heavy atom. The van der Waals surface area contributed by atoms with Gasteiger partial charge >= 0.3 is 0 Å². The third kappa shape index (κ3) is 6.39. The van der Waals surface area contributed by atoms with E-state index in [4.69, 9.17) is 5.73 Å². The second-order valence-electron chi connectivity index (χ2n) is 5.84. The highest BCUT2D eigenvalue weighted by molar-refractivity contribution is 9.10. The molecule has 1 aromatic carbocycles. The predicted octanol–water partition coefficient (Wildman–Crippen LogP) is 5.14. The van der Waals surface area contributed by atoms with E-state index in [1.807, 2.05) is 0 Å². The van der Waals surface area contributed by atoms with Gasteiger partial charge in [0.1, 0.15) is 0 Å². The van der Waals surface area contributed by atoms with Gasteiger partial charge in [-0.25, -0.2) is 0 Å². The SMILES string of the molecule is CCCCN(CCCC)c1ccc(Br)cc1CC(N)CC. The van der Waals surface area contributed by atoms with Gasteiger partial charge in [-0.05, 0) is 49.4 Å². The third-order valence-corrected chi connectivity index (χ3v) is 4.45. The van der Waals surface area contributed by atoms with Crippen LogP contribution >= 0.6 is 15.9 Å². The van der Waals surface area contributed by atoms with Gasteiger partial charge in [0.05, 0.1) is 0 Å². The fraction of sp³-hybridized carbons (Fsp3) is 0.667. The molecule has 1 atom stereocenters. The van der Waals surface area contributed by atoms with Crippen LogP contribution in [0.25, 0.3) is 0 Å². The lowest BCUT2D eigenvalue weighted by Crippen LogP contribution is -2.28. The summed E-state index contributed by atoms with van der Waals surface area (Å²) in [5, 5.41) is 0. The maximum absolute atomic E-state index is 6.19. The maximum Gasteiger partial charge on any atom is 0.0400 e. The van der Waals surface area contributed by atoms with Gasteiger partial charge in [0.2, 0.25) is 0 Å². The van der Waals surface area contributed by atoms with Crippen molar-refractivity contribution >= 4 is 21.6 Å². The number of nitrogens with two attached hydrogens (primary N) is 1. The summed E-state index contributed by atoms with van der Waals surface area (Å²) in [6, 6.07) is 6.90. The van der Waals surface area contributed by atoms with Crippen LogP contribution in [0, 0.1) is 0 Å². The molecular formula is C18H31BrN2. The highest BCUT2D eigenvalue weighted by Gasteiger charge is 2.13. The lowest BCUT2D eigenvalue weighted by molar-refractivity contribution is 0.637. The minimum absolute atomic E-state index is 0.247. The number of rotatable bonds is 10. The van der Waals surface area contributed by atoms with E-state index >= 15 is 0 Å². The highest BCUT2D eigenvalue weighted by Crippen LogP contribution is 2.27. The molecule has 120 valence electrons. The molecule has 1 unspecified atom stereocenters. The Morgan fingerprint density at radius 1 is 1.10 bits per heavy atom. The molecule has 1 rings (SSSR count). The Balaban J connectivity index is 2.97. The molecule has 2 N–H and O–H groups in total. The van der Waals surface area contributed by atoms with Crippen LogP contribution in [0.15, 0.2) is 22.7 Å². The molecule has 0 radical (unpaired) electrons. The number of halogens is 1. The average molecular weight is 355 g/mol. The van der Waals surface area contributed by atoms with Crippen molar-refractivity contribution in [3.05, 3.63) is 28.2 Å². The molecule has 0 aromatic heterocycles. The molecule has 0 aliphatic heterocycles. The van der Waals surface area contributed by atoms with Gasteiger partial charge in [0.25, 0.3) is 0 Å². The summed E-state index contributed by atoms with van der Waals surface area (Å²) in [6.45, 7) is 8.97. The van der Waals surface area contributed by atoms with Crippen LogP contribution in [0.3, 0.4) is 0 Å². The number of hydrogen-bond donors (Lipinski definition) is 1. The average Bonchev–Trinajstić information content (AvgIpc) is 2.48. The Hall–Kier alpha value is -0.540. The van der Waals surface area contributed by atoms with Crippen LogP contribution in [-0.2, 0) is 6.42 Å². The van der Waals surface area contributed by atoms with Crippen LogP contribution < -0.4 is 10.6 Å². The van der Waals surface area contributed by atoms with Crippen molar-refractivity contribution in [3.8, 4) is 0 Å². The van der Waals surface area contributed by atoms with E-state index in [1.54, 1.807) is 0 Å². The molecule has 0 saturated carbocycles. The summed E-state index contributed by atoms with van der Waals surface area (Å²) >= 11 is 3.60. The second kappa shape index (κ2) is 10.2. The first-order valence-corrected chi connectivity index (χ1v) is 9.20. The second-order valence-corrected chi connectivity index (χ2v) is 6.76. The first kappa shape index (κ1) is 18.5. The quantitative estimate of drug-likeness (QED) is 0.630. The molecule has 2 nitrogen and oxygen atoms in total. The molecule has 3 heteroatoms. The smallest absolute Gasteiger partial charge is 0.0400 e. The molecule has 0 bridgehead atoms. The van der Waals surface area contributed by atoms with Gasteiger partial charge in [-0.2, -0.15) is 0 Å². The van der Waals surface area contributed by atoms with E-state index in [0.29, 0.717) is 0 Å². The van der Waals surface area contributed by atoms with Gasteiger partial charge in [0.15, 0.2) is 0 Å². The first-order chi connectivity index (χ1) is 10.1. The highest BCUT2D eigenvalue weighted by atomic mass is 79.9. The molecule has 21 heavy (non-hydrogen) atoms. The first-order valence-electron chi connectivity index (χ1n) is 8.41. The van der Waals surface area contributed by atoms with Crippen molar-refractivity contribution in [1.82, 2.24) is 0 Å². The summed E-state index contributed by atoms with van der Waals surface area (Å²) in [6.07, 6.45) is 6.96. The van der Waals surface area contributed by atoms with E-state index < -0.39 is 0 Å².